The van der Waals surface area contributed by atoms with Crippen LogP contribution < -0.4 is 0 Å². The topological polar surface area (TPSA) is 77.7 Å². The molecule has 0 bridgehead atoms. The lowest BCUT2D eigenvalue weighted by atomic mass is 10.4. The van der Waals surface area contributed by atoms with Crippen LogP contribution in [0.1, 0.15) is 5.69 Å². The van der Waals surface area contributed by atoms with Gasteiger partial charge in [0.15, 0.2) is 5.82 Å². The summed E-state index contributed by atoms with van der Waals surface area (Å²) in [5.74, 6) is 0.437. The summed E-state index contributed by atoms with van der Waals surface area (Å²) >= 11 is 0. The Hall–Kier alpha value is -1.47. The summed E-state index contributed by atoms with van der Waals surface area (Å²) in [5.41, 5.74) is 0.399. The molecule has 0 N–H and O–H groups in total. The lowest BCUT2D eigenvalue weighted by molar-refractivity contribution is 0.609. The van der Waals surface area contributed by atoms with Gasteiger partial charge in [-0.15, -0.1) is 5.10 Å². The molecule has 2 rings (SSSR count). The fraction of sp³-hybridized carbons (Fsp3) is 0.125. The Morgan fingerprint density at radius 1 is 1.44 bits per heavy atom. The highest BCUT2D eigenvalue weighted by Gasteiger charge is 2.19. The van der Waals surface area contributed by atoms with Gasteiger partial charge in [-0.3, -0.25) is 0 Å². The maximum absolute atomic E-state index is 11.2. The van der Waals surface area contributed by atoms with Crippen molar-refractivity contribution in [1.82, 2.24) is 20.0 Å². The first-order chi connectivity index (χ1) is 7.50. The predicted molar refractivity (Wildman–Crippen MR) is 56.9 cm³/mol. The Bertz CT molecular complexity index is 608. The summed E-state index contributed by atoms with van der Waals surface area (Å²) in [6, 6.07) is 3.34. The first kappa shape index (κ1) is 11.0. The summed E-state index contributed by atoms with van der Waals surface area (Å²) < 4.78 is 23.7. The minimum Gasteiger partial charge on any atom is -0.217 e. The van der Waals surface area contributed by atoms with Crippen LogP contribution in [0.4, 0.5) is 0 Å². The average Bonchev–Trinajstić information content (AvgIpc) is 2.61. The average molecular weight is 259 g/mol. The number of aromatic nitrogens is 4. The molecule has 16 heavy (non-hydrogen) atoms. The van der Waals surface area contributed by atoms with Gasteiger partial charge in [-0.05, 0) is 19.1 Å². The standard InChI is InChI=1S/C8H7ClN4O2S/c1-6-7(16(9,14)15)5-11-13(6)8-3-2-4-10-12-8/h2-5H,1H3. The van der Waals surface area contributed by atoms with Gasteiger partial charge < -0.3 is 0 Å². The van der Waals surface area contributed by atoms with Crippen LogP contribution in [0.15, 0.2) is 29.4 Å². The molecule has 0 fully saturated rings. The summed E-state index contributed by atoms with van der Waals surface area (Å²) in [6.45, 7) is 1.59. The van der Waals surface area contributed by atoms with Gasteiger partial charge in [0, 0.05) is 16.9 Å². The molecule has 0 radical (unpaired) electrons. The highest BCUT2D eigenvalue weighted by atomic mass is 35.7. The number of nitrogens with zero attached hydrogens (tertiary/aromatic N) is 4. The molecule has 0 unspecified atom stereocenters. The molecule has 0 saturated carbocycles. The largest absolute Gasteiger partial charge is 0.264 e. The van der Waals surface area contributed by atoms with Crippen molar-refractivity contribution in [2.75, 3.05) is 0 Å². The highest BCUT2D eigenvalue weighted by molar-refractivity contribution is 8.13. The monoisotopic (exact) mass is 258 g/mol. The fourth-order valence-corrected chi connectivity index (χ4v) is 2.34. The van der Waals surface area contributed by atoms with Crippen LogP contribution in [0.5, 0.6) is 0 Å². The van der Waals surface area contributed by atoms with Crippen molar-refractivity contribution in [2.45, 2.75) is 11.8 Å². The second-order valence-electron chi connectivity index (χ2n) is 3.03. The Labute approximate surface area is 96.3 Å². The van der Waals surface area contributed by atoms with Crippen molar-refractivity contribution < 1.29 is 8.42 Å². The summed E-state index contributed by atoms with van der Waals surface area (Å²) in [4.78, 5) is -0.0279. The smallest absolute Gasteiger partial charge is 0.217 e. The van der Waals surface area contributed by atoms with Gasteiger partial charge in [0.2, 0.25) is 0 Å². The van der Waals surface area contributed by atoms with Gasteiger partial charge in [-0.1, -0.05) is 0 Å². The molecule has 2 heterocycles. The minimum absolute atomic E-state index is 0.0279. The third-order valence-corrected chi connectivity index (χ3v) is 3.43. The molecule has 84 valence electrons. The van der Waals surface area contributed by atoms with Crippen LogP contribution in [-0.2, 0) is 9.05 Å². The van der Waals surface area contributed by atoms with E-state index in [0.717, 1.165) is 0 Å². The highest BCUT2D eigenvalue weighted by Crippen LogP contribution is 2.20. The first-order valence-electron chi connectivity index (χ1n) is 4.27. The van der Waals surface area contributed by atoms with Crippen LogP contribution in [0, 0.1) is 6.92 Å². The van der Waals surface area contributed by atoms with Crippen molar-refractivity contribution in [2.24, 2.45) is 0 Å². The second-order valence-corrected chi connectivity index (χ2v) is 5.56. The maximum atomic E-state index is 11.2. The van der Waals surface area contributed by atoms with Crippen LogP contribution in [0.2, 0.25) is 0 Å². The van der Waals surface area contributed by atoms with Gasteiger partial charge in [0.1, 0.15) is 4.90 Å². The van der Waals surface area contributed by atoms with Gasteiger partial charge in [0.25, 0.3) is 9.05 Å². The molecule has 0 amide bonds. The lowest BCUT2D eigenvalue weighted by Crippen LogP contribution is -2.03. The Morgan fingerprint density at radius 3 is 2.69 bits per heavy atom. The maximum Gasteiger partial charge on any atom is 0.264 e. The molecule has 0 aliphatic heterocycles. The van der Waals surface area contributed by atoms with Crippen molar-refractivity contribution in [3.05, 3.63) is 30.2 Å². The van der Waals surface area contributed by atoms with E-state index in [2.05, 4.69) is 15.3 Å². The minimum atomic E-state index is -3.78. The van der Waals surface area contributed by atoms with Crippen molar-refractivity contribution in [3.63, 3.8) is 0 Å². The van der Waals surface area contributed by atoms with Gasteiger partial charge in [-0.2, -0.15) is 10.2 Å². The number of halogens is 1. The molecule has 2 aromatic rings. The van der Waals surface area contributed by atoms with Gasteiger partial charge >= 0.3 is 0 Å². The molecule has 8 heteroatoms. The molecule has 0 saturated heterocycles. The zero-order valence-corrected chi connectivity index (χ0v) is 9.77. The summed E-state index contributed by atoms with van der Waals surface area (Å²) in [7, 11) is 1.47. The number of hydrogen-bond donors (Lipinski definition) is 0. The van der Waals surface area contributed by atoms with Crippen molar-refractivity contribution in [3.8, 4) is 5.82 Å². The Kier molecular flexibility index (Phi) is 2.64. The summed E-state index contributed by atoms with van der Waals surface area (Å²) in [6.07, 6.45) is 2.70. The van der Waals surface area contributed by atoms with E-state index in [1.165, 1.54) is 17.1 Å². The number of hydrogen-bond acceptors (Lipinski definition) is 5. The van der Waals surface area contributed by atoms with E-state index in [9.17, 15) is 8.42 Å². The second kappa shape index (κ2) is 3.84. The quantitative estimate of drug-likeness (QED) is 0.748. The molecule has 2 aromatic heterocycles. The van der Waals surface area contributed by atoms with Crippen LogP contribution in [0.25, 0.3) is 5.82 Å². The van der Waals surface area contributed by atoms with Gasteiger partial charge in [0.05, 0.1) is 11.9 Å². The SMILES string of the molecule is Cc1c(S(=O)(=O)Cl)cnn1-c1cccnn1. The zero-order chi connectivity index (χ0) is 11.8. The fourth-order valence-electron chi connectivity index (χ4n) is 1.27. The molecule has 0 aliphatic carbocycles. The predicted octanol–water partition coefficient (Wildman–Crippen LogP) is 0.898. The van der Waals surface area contributed by atoms with E-state index in [4.69, 9.17) is 10.7 Å². The van der Waals surface area contributed by atoms with E-state index >= 15 is 0 Å². The first-order valence-corrected chi connectivity index (χ1v) is 6.58. The summed E-state index contributed by atoms with van der Waals surface area (Å²) in [5, 5.41) is 11.4. The Balaban J connectivity index is 2.59. The number of rotatable bonds is 2. The van der Waals surface area contributed by atoms with Crippen LogP contribution in [0.3, 0.4) is 0 Å². The molecule has 0 spiro atoms. The van der Waals surface area contributed by atoms with E-state index in [-0.39, 0.29) is 4.90 Å². The van der Waals surface area contributed by atoms with Crippen molar-refractivity contribution in [1.29, 1.82) is 0 Å². The third-order valence-electron chi connectivity index (χ3n) is 2.00. The molecule has 0 atom stereocenters. The Morgan fingerprint density at radius 2 is 2.19 bits per heavy atom. The van der Waals surface area contributed by atoms with Crippen LogP contribution >= 0.6 is 10.7 Å². The van der Waals surface area contributed by atoms with Crippen LogP contribution in [-0.4, -0.2) is 28.4 Å². The zero-order valence-electron chi connectivity index (χ0n) is 8.20. The normalized spacial score (nSPS) is 11.6. The third kappa shape index (κ3) is 1.91. The van der Waals surface area contributed by atoms with E-state index < -0.39 is 9.05 Å². The molecule has 6 nitrogen and oxygen atoms in total. The van der Waals surface area contributed by atoms with E-state index in [0.29, 0.717) is 11.5 Å². The van der Waals surface area contributed by atoms with E-state index in [1.807, 2.05) is 0 Å². The molecular formula is C8H7ClN4O2S. The lowest BCUT2D eigenvalue weighted by Gasteiger charge is -2.01. The molecule has 0 aliphatic rings. The molecule has 0 aromatic carbocycles. The van der Waals surface area contributed by atoms with Gasteiger partial charge in [-0.25, -0.2) is 13.1 Å². The van der Waals surface area contributed by atoms with E-state index in [1.54, 1.807) is 19.1 Å². The molecular weight excluding hydrogens is 252 g/mol. The van der Waals surface area contributed by atoms with Crippen molar-refractivity contribution >= 4 is 19.7 Å².